The largest absolute Gasteiger partial charge is 0.440 e. The molecule has 0 saturated heterocycles. The lowest BCUT2D eigenvalue weighted by molar-refractivity contribution is -0.118. The first-order chi connectivity index (χ1) is 9.92. The molecule has 21 heavy (non-hydrogen) atoms. The van der Waals surface area contributed by atoms with Gasteiger partial charge in [0.25, 0.3) is 0 Å². The van der Waals surface area contributed by atoms with E-state index in [0.29, 0.717) is 11.6 Å². The van der Waals surface area contributed by atoms with Gasteiger partial charge in [0.05, 0.1) is 6.04 Å². The Morgan fingerprint density at radius 1 is 1.38 bits per heavy atom. The second-order valence-corrected chi connectivity index (χ2v) is 5.79. The normalized spacial score (nSPS) is 14.4. The molecule has 0 fully saturated rings. The molecule has 0 bridgehead atoms. The number of nitrogens with two attached hydrogens (primary N) is 1. The van der Waals surface area contributed by atoms with Gasteiger partial charge in [-0.3, -0.25) is 4.79 Å². The molecule has 2 rings (SSSR count). The highest BCUT2D eigenvalue weighted by Crippen LogP contribution is 2.24. The van der Waals surface area contributed by atoms with Crippen molar-refractivity contribution >= 4 is 22.7 Å². The number of nitrogens with one attached hydrogen (secondary N) is 1. The minimum Gasteiger partial charge on any atom is -0.440 e. The summed E-state index contributed by atoms with van der Waals surface area (Å²) in [7, 11) is 0. The summed E-state index contributed by atoms with van der Waals surface area (Å²) in [6.45, 7) is 8.05. The maximum Gasteiger partial charge on any atom is 0.241 e. The molecule has 0 radical (unpaired) electrons. The van der Waals surface area contributed by atoms with Crippen LogP contribution in [-0.2, 0) is 4.79 Å². The van der Waals surface area contributed by atoms with E-state index in [-0.39, 0.29) is 17.7 Å². The standard InChI is InChI=1S/C16H23N3O2/c1-5-10(4)14(17)15(20)18-11-6-7-13-12(8-11)19-16(21-13)9(2)3/h6-10,14H,5,17H2,1-4H3,(H,18,20)/t10-,14-/m0/s1. The first-order valence-corrected chi connectivity index (χ1v) is 7.39. The van der Waals surface area contributed by atoms with Gasteiger partial charge in [-0.1, -0.05) is 34.1 Å². The Kier molecular flexibility index (Phi) is 4.63. The van der Waals surface area contributed by atoms with Crippen LogP contribution in [0.25, 0.3) is 11.1 Å². The van der Waals surface area contributed by atoms with Gasteiger partial charge in [-0.25, -0.2) is 4.98 Å². The molecule has 1 heterocycles. The Balaban J connectivity index is 2.17. The van der Waals surface area contributed by atoms with Gasteiger partial charge in [0.2, 0.25) is 5.91 Å². The Hall–Kier alpha value is -1.88. The van der Waals surface area contributed by atoms with E-state index in [9.17, 15) is 4.79 Å². The minimum atomic E-state index is -0.505. The third kappa shape index (κ3) is 3.42. The summed E-state index contributed by atoms with van der Waals surface area (Å²) >= 11 is 0. The zero-order chi connectivity index (χ0) is 15.6. The number of nitrogens with zero attached hydrogens (tertiary/aromatic N) is 1. The highest BCUT2D eigenvalue weighted by molar-refractivity contribution is 5.96. The van der Waals surface area contributed by atoms with Crippen LogP contribution < -0.4 is 11.1 Å². The molecule has 2 atom stereocenters. The summed E-state index contributed by atoms with van der Waals surface area (Å²) in [5.41, 5.74) is 8.09. The second kappa shape index (κ2) is 6.26. The van der Waals surface area contributed by atoms with E-state index in [4.69, 9.17) is 10.2 Å². The van der Waals surface area contributed by atoms with Crippen molar-refractivity contribution in [2.24, 2.45) is 11.7 Å². The summed E-state index contributed by atoms with van der Waals surface area (Å²) in [4.78, 5) is 16.5. The van der Waals surface area contributed by atoms with Crippen molar-refractivity contribution in [1.29, 1.82) is 0 Å². The van der Waals surface area contributed by atoms with E-state index in [0.717, 1.165) is 17.5 Å². The van der Waals surface area contributed by atoms with E-state index in [1.54, 1.807) is 6.07 Å². The smallest absolute Gasteiger partial charge is 0.241 e. The van der Waals surface area contributed by atoms with Crippen molar-refractivity contribution in [3.8, 4) is 0 Å². The van der Waals surface area contributed by atoms with Gasteiger partial charge in [-0.05, 0) is 24.1 Å². The topological polar surface area (TPSA) is 81.2 Å². The molecule has 3 N–H and O–H groups in total. The number of carbonyl (C=O) groups excluding carboxylic acids is 1. The first-order valence-electron chi connectivity index (χ1n) is 7.39. The van der Waals surface area contributed by atoms with Crippen LogP contribution in [0.1, 0.15) is 45.9 Å². The maximum atomic E-state index is 12.1. The number of aromatic nitrogens is 1. The van der Waals surface area contributed by atoms with Crippen molar-refractivity contribution in [2.75, 3.05) is 5.32 Å². The van der Waals surface area contributed by atoms with Crippen LogP contribution in [0.3, 0.4) is 0 Å². The molecule has 0 aliphatic heterocycles. The number of hydrogen-bond donors (Lipinski definition) is 2. The summed E-state index contributed by atoms with van der Waals surface area (Å²) in [6, 6.07) is 4.93. The van der Waals surface area contributed by atoms with Crippen LogP contribution in [0.15, 0.2) is 22.6 Å². The maximum absolute atomic E-state index is 12.1. The van der Waals surface area contributed by atoms with Crippen molar-refractivity contribution in [3.05, 3.63) is 24.1 Å². The fourth-order valence-electron chi connectivity index (χ4n) is 2.01. The summed E-state index contributed by atoms with van der Waals surface area (Å²) in [6.07, 6.45) is 0.870. The van der Waals surface area contributed by atoms with Crippen LogP contribution in [0, 0.1) is 5.92 Å². The average molecular weight is 289 g/mol. The fourth-order valence-corrected chi connectivity index (χ4v) is 2.01. The third-order valence-corrected chi connectivity index (χ3v) is 3.73. The Labute approximate surface area is 124 Å². The highest BCUT2D eigenvalue weighted by Gasteiger charge is 2.19. The average Bonchev–Trinajstić information content (AvgIpc) is 2.89. The number of fused-ring (bicyclic) bond motifs is 1. The van der Waals surface area contributed by atoms with Gasteiger partial charge in [0, 0.05) is 11.6 Å². The molecule has 0 aliphatic rings. The fraction of sp³-hybridized carbons (Fsp3) is 0.500. The summed E-state index contributed by atoms with van der Waals surface area (Å²) in [5, 5.41) is 2.84. The Bertz CT molecular complexity index is 633. The van der Waals surface area contributed by atoms with Crippen molar-refractivity contribution < 1.29 is 9.21 Å². The molecule has 0 spiro atoms. The number of carbonyl (C=O) groups is 1. The van der Waals surface area contributed by atoms with Gasteiger partial charge in [0.1, 0.15) is 5.52 Å². The lowest BCUT2D eigenvalue weighted by Crippen LogP contribution is -2.40. The van der Waals surface area contributed by atoms with Gasteiger partial charge in [0.15, 0.2) is 11.5 Å². The number of oxazole rings is 1. The SMILES string of the molecule is CC[C@H](C)[C@H](N)C(=O)Nc1ccc2oc(C(C)C)nc2c1. The molecule has 0 aliphatic carbocycles. The van der Waals surface area contributed by atoms with Gasteiger partial charge >= 0.3 is 0 Å². The van der Waals surface area contributed by atoms with Crippen LogP contribution in [-0.4, -0.2) is 16.9 Å². The van der Waals surface area contributed by atoms with E-state index >= 15 is 0 Å². The summed E-state index contributed by atoms with van der Waals surface area (Å²) in [5.74, 6) is 0.906. The van der Waals surface area contributed by atoms with E-state index in [1.165, 1.54) is 0 Å². The zero-order valence-electron chi connectivity index (χ0n) is 13.0. The Morgan fingerprint density at radius 3 is 2.71 bits per heavy atom. The van der Waals surface area contributed by atoms with E-state index < -0.39 is 6.04 Å². The van der Waals surface area contributed by atoms with Crippen LogP contribution >= 0.6 is 0 Å². The summed E-state index contributed by atoms with van der Waals surface area (Å²) < 4.78 is 5.64. The van der Waals surface area contributed by atoms with E-state index in [1.807, 2.05) is 39.8 Å². The second-order valence-electron chi connectivity index (χ2n) is 5.79. The number of hydrogen-bond acceptors (Lipinski definition) is 4. The van der Waals surface area contributed by atoms with Crippen molar-refractivity contribution in [1.82, 2.24) is 4.98 Å². The predicted octanol–water partition coefficient (Wildman–Crippen LogP) is 3.26. The van der Waals surface area contributed by atoms with E-state index in [2.05, 4.69) is 10.3 Å². The van der Waals surface area contributed by atoms with Crippen LogP contribution in [0.2, 0.25) is 0 Å². The lowest BCUT2D eigenvalue weighted by Gasteiger charge is -2.17. The lowest BCUT2D eigenvalue weighted by atomic mass is 9.99. The molecule has 5 nitrogen and oxygen atoms in total. The van der Waals surface area contributed by atoms with Crippen molar-refractivity contribution in [3.63, 3.8) is 0 Å². The molecule has 1 aromatic carbocycles. The Morgan fingerprint density at radius 2 is 2.10 bits per heavy atom. The number of rotatable bonds is 5. The van der Waals surface area contributed by atoms with Gasteiger partial charge in [-0.15, -0.1) is 0 Å². The predicted molar refractivity (Wildman–Crippen MR) is 84.2 cm³/mol. The highest BCUT2D eigenvalue weighted by atomic mass is 16.3. The molecule has 1 aromatic heterocycles. The molecule has 114 valence electrons. The monoisotopic (exact) mass is 289 g/mol. The number of amides is 1. The number of anilines is 1. The molecule has 0 unspecified atom stereocenters. The van der Waals surface area contributed by atoms with Crippen LogP contribution in [0.4, 0.5) is 5.69 Å². The van der Waals surface area contributed by atoms with Gasteiger partial charge in [-0.2, -0.15) is 0 Å². The molecule has 5 heteroatoms. The minimum absolute atomic E-state index is 0.147. The molecule has 2 aromatic rings. The molecular weight excluding hydrogens is 266 g/mol. The molecule has 1 amide bonds. The first kappa shape index (κ1) is 15.5. The quantitative estimate of drug-likeness (QED) is 0.885. The zero-order valence-corrected chi connectivity index (χ0v) is 13.0. The molecular formula is C16H23N3O2. The van der Waals surface area contributed by atoms with Gasteiger partial charge < -0.3 is 15.5 Å². The van der Waals surface area contributed by atoms with Crippen LogP contribution in [0.5, 0.6) is 0 Å². The van der Waals surface area contributed by atoms with Crippen molar-refractivity contribution in [2.45, 2.75) is 46.1 Å². The third-order valence-electron chi connectivity index (χ3n) is 3.73. The molecule has 0 saturated carbocycles. The number of benzene rings is 1.